The highest BCUT2D eigenvalue weighted by atomic mass is 16.2. The zero-order valence-electron chi connectivity index (χ0n) is 11.0. The van der Waals surface area contributed by atoms with Crippen molar-refractivity contribution in [2.45, 2.75) is 39.2 Å². The molecular formula is C15H22N2O. The summed E-state index contributed by atoms with van der Waals surface area (Å²) < 4.78 is 0. The molecule has 3 N–H and O–H groups in total. The summed E-state index contributed by atoms with van der Waals surface area (Å²) in [5.74, 6) is 0.128. The van der Waals surface area contributed by atoms with Crippen LogP contribution in [-0.4, -0.2) is 12.5 Å². The second-order valence-corrected chi connectivity index (χ2v) is 5.36. The average molecular weight is 246 g/mol. The largest absolute Gasteiger partial charge is 0.352 e. The monoisotopic (exact) mass is 246 g/mol. The standard InChI is InChI=1S/C15H22N2O/c1-12-4-6-13(7-5-12)10-17-14(18)15(11-16)8-2-3-9-15/h4-7H,2-3,8-11,16H2,1H3,(H,17,18). The molecule has 0 unspecified atom stereocenters. The van der Waals surface area contributed by atoms with E-state index in [-0.39, 0.29) is 11.3 Å². The quantitative estimate of drug-likeness (QED) is 0.855. The fraction of sp³-hybridized carbons (Fsp3) is 0.533. The number of aryl methyl sites for hydroxylation is 1. The van der Waals surface area contributed by atoms with Crippen LogP contribution in [0.1, 0.15) is 36.8 Å². The van der Waals surface area contributed by atoms with Gasteiger partial charge >= 0.3 is 0 Å². The Balaban J connectivity index is 1.93. The molecule has 0 aliphatic heterocycles. The van der Waals surface area contributed by atoms with Gasteiger partial charge in [0.1, 0.15) is 0 Å². The van der Waals surface area contributed by atoms with Crippen LogP contribution in [0.15, 0.2) is 24.3 Å². The molecular weight excluding hydrogens is 224 g/mol. The van der Waals surface area contributed by atoms with Crippen molar-refractivity contribution in [3.63, 3.8) is 0 Å². The van der Waals surface area contributed by atoms with Gasteiger partial charge in [0.05, 0.1) is 5.41 Å². The first kappa shape index (κ1) is 13.1. The summed E-state index contributed by atoms with van der Waals surface area (Å²) in [6.07, 6.45) is 4.11. The lowest BCUT2D eigenvalue weighted by Crippen LogP contribution is -2.43. The molecule has 0 atom stereocenters. The van der Waals surface area contributed by atoms with Crippen LogP contribution in [0.25, 0.3) is 0 Å². The van der Waals surface area contributed by atoms with Gasteiger partial charge in [0.25, 0.3) is 0 Å². The van der Waals surface area contributed by atoms with E-state index in [2.05, 4.69) is 36.5 Å². The summed E-state index contributed by atoms with van der Waals surface area (Å²) in [6.45, 7) is 3.12. The fourth-order valence-corrected chi connectivity index (χ4v) is 2.65. The number of nitrogens with two attached hydrogens (primary N) is 1. The Morgan fingerprint density at radius 3 is 2.44 bits per heavy atom. The Hall–Kier alpha value is -1.35. The molecule has 0 radical (unpaired) electrons. The highest BCUT2D eigenvalue weighted by Gasteiger charge is 2.39. The Bertz CT molecular complexity index is 405. The van der Waals surface area contributed by atoms with Gasteiger partial charge in [-0.25, -0.2) is 0 Å². The third-order valence-corrected chi connectivity index (χ3v) is 4.01. The fourth-order valence-electron chi connectivity index (χ4n) is 2.65. The lowest BCUT2D eigenvalue weighted by Gasteiger charge is -2.25. The first-order chi connectivity index (χ1) is 8.66. The molecule has 18 heavy (non-hydrogen) atoms. The van der Waals surface area contributed by atoms with Gasteiger partial charge < -0.3 is 11.1 Å². The first-order valence-electron chi connectivity index (χ1n) is 6.70. The maximum Gasteiger partial charge on any atom is 0.227 e. The zero-order valence-corrected chi connectivity index (χ0v) is 11.0. The Kier molecular flexibility index (Phi) is 4.02. The van der Waals surface area contributed by atoms with Gasteiger partial charge in [-0.15, -0.1) is 0 Å². The van der Waals surface area contributed by atoms with E-state index < -0.39 is 0 Å². The highest BCUT2D eigenvalue weighted by Crippen LogP contribution is 2.37. The normalized spacial score (nSPS) is 17.7. The van der Waals surface area contributed by atoms with Gasteiger partial charge in [0.15, 0.2) is 0 Å². The van der Waals surface area contributed by atoms with Crippen molar-refractivity contribution in [1.29, 1.82) is 0 Å². The maximum absolute atomic E-state index is 12.2. The molecule has 0 saturated heterocycles. The van der Waals surface area contributed by atoms with Crippen LogP contribution in [-0.2, 0) is 11.3 Å². The molecule has 0 bridgehead atoms. The van der Waals surface area contributed by atoms with Gasteiger partial charge in [0.2, 0.25) is 5.91 Å². The average Bonchev–Trinajstić information content (AvgIpc) is 2.88. The van der Waals surface area contributed by atoms with Crippen LogP contribution < -0.4 is 11.1 Å². The van der Waals surface area contributed by atoms with Gasteiger partial charge in [-0.05, 0) is 25.3 Å². The molecule has 1 fully saturated rings. The maximum atomic E-state index is 12.2. The van der Waals surface area contributed by atoms with E-state index in [0.29, 0.717) is 13.1 Å². The molecule has 1 aromatic rings. The molecule has 98 valence electrons. The van der Waals surface area contributed by atoms with Crippen molar-refractivity contribution in [3.8, 4) is 0 Å². The van der Waals surface area contributed by atoms with Crippen molar-refractivity contribution in [3.05, 3.63) is 35.4 Å². The predicted octanol–water partition coefficient (Wildman–Crippen LogP) is 2.13. The number of nitrogens with one attached hydrogen (secondary N) is 1. The van der Waals surface area contributed by atoms with E-state index in [1.807, 2.05) is 0 Å². The van der Waals surface area contributed by atoms with Crippen LogP contribution >= 0.6 is 0 Å². The summed E-state index contributed by atoms with van der Waals surface area (Å²) in [5, 5.41) is 3.03. The van der Waals surface area contributed by atoms with Gasteiger partial charge in [-0.3, -0.25) is 4.79 Å². The Morgan fingerprint density at radius 1 is 1.28 bits per heavy atom. The topological polar surface area (TPSA) is 55.1 Å². The Labute approximate surface area is 109 Å². The molecule has 1 aliphatic rings. The summed E-state index contributed by atoms with van der Waals surface area (Å²) in [7, 11) is 0. The summed E-state index contributed by atoms with van der Waals surface area (Å²) in [4.78, 5) is 12.2. The van der Waals surface area contributed by atoms with Crippen molar-refractivity contribution < 1.29 is 4.79 Å². The van der Waals surface area contributed by atoms with Crippen molar-refractivity contribution >= 4 is 5.91 Å². The predicted molar refractivity (Wildman–Crippen MR) is 73.0 cm³/mol. The number of hydrogen-bond acceptors (Lipinski definition) is 2. The van der Waals surface area contributed by atoms with Crippen LogP contribution in [0.2, 0.25) is 0 Å². The molecule has 0 heterocycles. The second kappa shape index (κ2) is 5.53. The van der Waals surface area contributed by atoms with Crippen molar-refractivity contribution in [2.75, 3.05) is 6.54 Å². The lowest BCUT2D eigenvalue weighted by molar-refractivity contribution is -0.130. The molecule has 3 heteroatoms. The van der Waals surface area contributed by atoms with Crippen LogP contribution in [0.3, 0.4) is 0 Å². The Morgan fingerprint density at radius 2 is 1.89 bits per heavy atom. The number of benzene rings is 1. The van der Waals surface area contributed by atoms with Crippen molar-refractivity contribution in [2.24, 2.45) is 11.1 Å². The number of amides is 1. The minimum Gasteiger partial charge on any atom is -0.352 e. The number of carbonyl (C=O) groups excluding carboxylic acids is 1. The molecule has 1 aromatic carbocycles. The SMILES string of the molecule is Cc1ccc(CNC(=O)C2(CN)CCCC2)cc1. The van der Waals surface area contributed by atoms with E-state index in [4.69, 9.17) is 5.73 Å². The van der Waals surface area contributed by atoms with Crippen LogP contribution in [0, 0.1) is 12.3 Å². The number of carbonyl (C=O) groups is 1. The summed E-state index contributed by atoms with van der Waals surface area (Å²) in [6, 6.07) is 8.24. The third kappa shape index (κ3) is 2.72. The number of hydrogen-bond donors (Lipinski definition) is 2. The molecule has 2 rings (SSSR count). The van der Waals surface area contributed by atoms with Crippen LogP contribution in [0.4, 0.5) is 0 Å². The summed E-state index contributed by atoms with van der Waals surface area (Å²) >= 11 is 0. The molecule has 1 amide bonds. The summed E-state index contributed by atoms with van der Waals surface area (Å²) in [5.41, 5.74) is 7.87. The van der Waals surface area contributed by atoms with Gasteiger partial charge in [-0.2, -0.15) is 0 Å². The van der Waals surface area contributed by atoms with Gasteiger partial charge in [-0.1, -0.05) is 42.7 Å². The molecule has 0 aromatic heterocycles. The molecule has 1 aliphatic carbocycles. The zero-order chi connectivity index (χ0) is 13.0. The van der Waals surface area contributed by atoms with E-state index in [1.54, 1.807) is 0 Å². The van der Waals surface area contributed by atoms with E-state index in [0.717, 1.165) is 31.2 Å². The van der Waals surface area contributed by atoms with Crippen molar-refractivity contribution in [1.82, 2.24) is 5.32 Å². The van der Waals surface area contributed by atoms with Gasteiger partial charge in [0, 0.05) is 13.1 Å². The molecule has 1 saturated carbocycles. The highest BCUT2D eigenvalue weighted by molar-refractivity contribution is 5.83. The van der Waals surface area contributed by atoms with E-state index in [1.165, 1.54) is 5.56 Å². The third-order valence-electron chi connectivity index (χ3n) is 4.01. The van der Waals surface area contributed by atoms with Crippen LogP contribution in [0.5, 0.6) is 0 Å². The second-order valence-electron chi connectivity index (χ2n) is 5.36. The number of rotatable bonds is 4. The minimum atomic E-state index is -0.301. The first-order valence-corrected chi connectivity index (χ1v) is 6.70. The van der Waals surface area contributed by atoms with E-state index >= 15 is 0 Å². The minimum absolute atomic E-state index is 0.128. The molecule has 3 nitrogen and oxygen atoms in total. The smallest absolute Gasteiger partial charge is 0.227 e. The molecule has 0 spiro atoms. The lowest BCUT2D eigenvalue weighted by atomic mass is 9.85. The van der Waals surface area contributed by atoms with E-state index in [9.17, 15) is 4.79 Å².